The lowest BCUT2D eigenvalue weighted by atomic mass is 10.4. The molecule has 0 aliphatic carbocycles. The summed E-state index contributed by atoms with van der Waals surface area (Å²) in [6.07, 6.45) is 0. The van der Waals surface area contributed by atoms with Crippen molar-refractivity contribution in [2.24, 2.45) is 0 Å². The van der Waals surface area contributed by atoms with Gasteiger partial charge in [-0.2, -0.15) is 0 Å². The fraction of sp³-hybridized carbons (Fsp3) is 0.286. The number of hydrogen-bond acceptors (Lipinski definition) is 6. The van der Waals surface area contributed by atoms with Crippen molar-refractivity contribution in [2.75, 3.05) is 7.11 Å². The summed E-state index contributed by atoms with van der Waals surface area (Å²) < 4.78 is 10.3. The zero-order valence-corrected chi connectivity index (χ0v) is 8.80. The first-order valence-electron chi connectivity index (χ1n) is 3.73. The molecule has 0 aliphatic rings. The molecule has 2 aromatic rings. The van der Waals surface area contributed by atoms with Gasteiger partial charge < -0.3 is 9.26 Å². The Morgan fingerprint density at radius 2 is 2.43 bits per heavy atom. The van der Waals surface area contributed by atoms with Crippen LogP contribution in [0.2, 0.25) is 4.47 Å². The normalized spacial score (nSPS) is 10.7. The van der Waals surface area contributed by atoms with Crippen molar-refractivity contribution < 1.29 is 9.26 Å². The number of halogens is 1. The quantitative estimate of drug-likeness (QED) is 0.809. The molecule has 0 saturated carbocycles. The standard InChI is InChI=1S/C7H6ClN3O2S/c1-12-3-4-2-5(11-13-4)6-9-10-7(8)14-6/h2H,3H2,1H3. The molecule has 0 fully saturated rings. The molecular weight excluding hydrogens is 226 g/mol. The average molecular weight is 232 g/mol. The summed E-state index contributed by atoms with van der Waals surface area (Å²) >= 11 is 6.89. The molecule has 0 bridgehead atoms. The highest BCUT2D eigenvalue weighted by atomic mass is 35.5. The first-order chi connectivity index (χ1) is 6.79. The minimum Gasteiger partial charge on any atom is -0.377 e. The lowest BCUT2D eigenvalue weighted by Gasteiger charge is -1.87. The third-order valence-electron chi connectivity index (χ3n) is 1.47. The highest BCUT2D eigenvalue weighted by Crippen LogP contribution is 2.25. The maximum absolute atomic E-state index is 5.64. The summed E-state index contributed by atoms with van der Waals surface area (Å²) in [6, 6.07) is 1.75. The Balaban J connectivity index is 2.24. The van der Waals surface area contributed by atoms with Gasteiger partial charge in [-0.3, -0.25) is 0 Å². The van der Waals surface area contributed by atoms with Gasteiger partial charge in [-0.1, -0.05) is 16.5 Å². The third kappa shape index (κ3) is 1.92. The fourth-order valence-electron chi connectivity index (χ4n) is 0.933. The summed E-state index contributed by atoms with van der Waals surface area (Å²) in [6.45, 7) is 0.388. The van der Waals surface area contributed by atoms with Crippen molar-refractivity contribution in [1.29, 1.82) is 0 Å². The van der Waals surface area contributed by atoms with E-state index < -0.39 is 0 Å². The third-order valence-corrected chi connectivity index (χ3v) is 2.51. The lowest BCUT2D eigenvalue weighted by molar-refractivity contribution is 0.156. The highest BCUT2D eigenvalue weighted by Gasteiger charge is 2.10. The Morgan fingerprint density at radius 3 is 3.07 bits per heavy atom. The molecule has 0 unspecified atom stereocenters. The maximum Gasteiger partial charge on any atom is 0.207 e. The Labute approximate surface area is 88.6 Å². The fourth-order valence-corrected chi connectivity index (χ4v) is 1.71. The topological polar surface area (TPSA) is 61.0 Å². The molecule has 2 heterocycles. The Morgan fingerprint density at radius 1 is 1.57 bits per heavy atom. The van der Waals surface area contributed by atoms with Crippen molar-refractivity contribution in [1.82, 2.24) is 15.4 Å². The number of nitrogens with zero attached hydrogens (tertiary/aromatic N) is 3. The maximum atomic E-state index is 5.64. The predicted molar refractivity (Wildman–Crippen MR) is 51.1 cm³/mol. The minimum atomic E-state index is 0.385. The van der Waals surface area contributed by atoms with Gasteiger partial charge >= 0.3 is 0 Å². The first kappa shape index (κ1) is 9.57. The van der Waals surface area contributed by atoms with Gasteiger partial charge in [-0.25, -0.2) is 0 Å². The van der Waals surface area contributed by atoms with Gasteiger partial charge in [0.1, 0.15) is 12.3 Å². The molecule has 0 aliphatic heterocycles. The van der Waals surface area contributed by atoms with Crippen LogP contribution in [0, 0.1) is 0 Å². The number of aromatic nitrogens is 3. The second-order valence-corrected chi connectivity index (χ2v) is 4.03. The van der Waals surface area contributed by atoms with Crippen molar-refractivity contribution >= 4 is 22.9 Å². The number of rotatable bonds is 3. The largest absolute Gasteiger partial charge is 0.377 e. The van der Waals surface area contributed by atoms with Gasteiger partial charge in [0.2, 0.25) is 4.47 Å². The molecule has 0 N–H and O–H groups in total. The summed E-state index contributed by atoms with van der Waals surface area (Å²) in [5.74, 6) is 0.647. The van der Waals surface area contributed by atoms with Crippen LogP contribution in [0.15, 0.2) is 10.6 Å². The van der Waals surface area contributed by atoms with E-state index in [0.717, 1.165) is 0 Å². The molecule has 0 atom stereocenters. The molecule has 0 aromatic carbocycles. The first-order valence-corrected chi connectivity index (χ1v) is 4.93. The van der Waals surface area contributed by atoms with E-state index in [1.165, 1.54) is 11.3 Å². The molecule has 0 spiro atoms. The Hall–Kier alpha value is -0.980. The highest BCUT2D eigenvalue weighted by molar-refractivity contribution is 7.18. The van der Waals surface area contributed by atoms with Crippen LogP contribution in [0.1, 0.15) is 5.76 Å². The van der Waals surface area contributed by atoms with E-state index in [1.807, 2.05) is 0 Å². The van der Waals surface area contributed by atoms with E-state index in [-0.39, 0.29) is 0 Å². The van der Waals surface area contributed by atoms with Crippen LogP contribution in [0.5, 0.6) is 0 Å². The Bertz CT molecular complexity index is 428. The molecular formula is C7H6ClN3O2S. The van der Waals surface area contributed by atoms with Gasteiger partial charge in [0.15, 0.2) is 10.8 Å². The Kier molecular flexibility index (Phi) is 2.76. The molecule has 74 valence electrons. The van der Waals surface area contributed by atoms with Crippen LogP contribution in [0.3, 0.4) is 0 Å². The van der Waals surface area contributed by atoms with E-state index in [1.54, 1.807) is 13.2 Å². The van der Waals surface area contributed by atoms with Crippen LogP contribution >= 0.6 is 22.9 Å². The number of methoxy groups -OCH3 is 1. The van der Waals surface area contributed by atoms with Crippen molar-refractivity contribution in [2.45, 2.75) is 6.61 Å². The lowest BCUT2D eigenvalue weighted by Crippen LogP contribution is -1.81. The summed E-state index contributed by atoms with van der Waals surface area (Å²) in [4.78, 5) is 0. The van der Waals surface area contributed by atoms with Gasteiger partial charge in [-0.15, -0.1) is 10.2 Å². The molecule has 2 aromatic heterocycles. The van der Waals surface area contributed by atoms with E-state index in [2.05, 4.69) is 15.4 Å². The van der Waals surface area contributed by atoms with E-state index >= 15 is 0 Å². The molecule has 5 nitrogen and oxygen atoms in total. The van der Waals surface area contributed by atoms with Crippen molar-refractivity contribution in [3.63, 3.8) is 0 Å². The molecule has 0 amide bonds. The molecule has 14 heavy (non-hydrogen) atoms. The number of ether oxygens (including phenoxy) is 1. The van der Waals surface area contributed by atoms with Crippen molar-refractivity contribution in [3.8, 4) is 10.7 Å². The van der Waals surface area contributed by atoms with Crippen LogP contribution < -0.4 is 0 Å². The minimum absolute atomic E-state index is 0.385. The monoisotopic (exact) mass is 231 g/mol. The zero-order chi connectivity index (χ0) is 9.97. The zero-order valence-electron chi connectivity index (χ0n) is 7.23. The van der Waals surface area contributed by atoms with Crippen LogP contribution in [0.4, 0.5) is 0 Å². The van der Waals surface area contributed by atoms with Gasteiger partial charge in [0, 0.05) is 13.2 Å². The van der Waals surface area contributed by atoms with Crippen molar-refractivity contribution in [3.05, 3.63) is 16.3 Å². The van der Waals surface area contributed by atoms with Crippen LogP contribution in [-0.4, -0.2) is 22.5 Å². The van der Waals surface area contributed by atoms with Gasteiger partial charge in [-0.05, 0) is 11.6 Å². The second kappa shape index (κ2) is 4.04. The predicted octanol–water partition coefficient (Wildman–Crippen LogP) is 1.99. The summed E-state index contributed by atoms with van der Waals surface area (Å²) in [7, 11) is 1.59. The van der Waals surface area contributed by atoms with E-state index in [4.69, 9.17) is 20.9 Å². The molecule has 0 radical (unpaired) electrons. The second-order valence-electron chi connectivity index (χ2n) is 2.47. The van der Waals surface area contributed by atoms with E-state index in [0.29, 0.717) is 27.5 Å². The SMILES string of the molecule is COCc1cc(-c2nnc(Cl)s2)no1. The van der Waals surface area contributed by atoms with Gasteiger partial charge in [0.25, 0.3) is 0 Å². The van der Waals surface area contributed by atoms with Crippen LogP contribution in [0.25, 0.3) is 10.7 Å². The van der Waals surface area contributed by atoms with Gasteiger partial charge in [0.05, 0.1) is 0 Å². The average Bonchev–Trinajstić information content (AvgIpc) is 2.74. The molecule has 0 saturated heterocycles. The summed E-state index contributed by atoms with van der Waals surface area (Å²) in [5.41, 5.74) is 0.626. The van der Waals surface area contributed by atoms with Crippen LogP contribution in [-0.2, 0) is 11.3 Å². The number of hydrogen-bond donors (Lipinski definition) is 0. The molecule has 7 heteroatoms. The smallest absolute Gasteiger partial charge is 0.207 e. The molecule has 2 rings (SSSR count). The summed E-state index contributed by atoms with van der Waals surface area (Å²) in [5, 5.41) is 12.0. The van der Waals surface area contributed by atoms with E-state index in [9.17, 15) is 0 Å².